The molecule has 0 bridgehead atoms. The standard InChI is InChI=1S/C26H25N7O4S/c1-37-21-15-17-10-13-32(38(35,36)24-9-2-3-11-27-24)16-18(17)14-19(21)26(34)29-22-7-4-6-20(28-22)25-31-30-23-8-5-12-33(23)25/h2-4,6-7,9,11,14-15H,5,8,10,12-13,16H2,1H3,(H,28,29,34). The monoisotopic (exact) mass is 531 g/mol. The lowest BCUT2D eigenvalue weighted by Crippen LogP contribution is -2.36. The maximum absolute atomic E-state index is 13.4. The molecule has 0 spiro atoms. The summed E-state index contributed by atoms with van der Waals surface area (Å²) in [6.07, 6.45) is 3.86. The largest absolute Gasteiger partial charge is 0.496 e. The fraction of sp³-hybridized carbons (Fsp3) is 0.269. The molecule has 5 heterocycles. The first kappa shape index (κ1) is 24.2. The minimum Gasteiger partial charge on any atom is -0.496 e. The van der Waals surface area contributed by atoms with Crippen LogP contribution in [0.25, 0.3) is 11.5 Å². The van der Waals surface area contributed by atoms with E-state index in [1.54, 1.807) is 36.4 Å². The number of aryl methyl sites for hydroxylation is 1. The van der Waals surface area contributed by atoms with E-state index in [1.165, 1.54) is 23.7 Å². The number of sulfonamides is 1. The van der Waals surface area contributed by atoms with Gasteiger partial charge in [-0.3, -0.25) is 4.79 Å². The van der Waals surface area contributed by atoms with E-state index in [-0.39, 0.29) is 11.6 Å². The molecule has 11 nitrogen and oxygen atoms in total. The quantitative estimate of drug-likeness (QED) is 0.402. The number of hydrogen-bond donors (Lipinski definition) is 1. The molecular formula is C26H25N7O4S. The smallest absolute Gasteiger partial charge is 0.260 e. The maximum Gasteiger partial charge on any atom is 0.260 e. The number of hydrogen-bond acceptors (Lipinski definition) is 8. The van der Waals surface area contributed by atoms with E-state index >= 15 is 0 Å². The molecule has 194 valence electrons. The number of methoxy groups -OCH3 is 1. The van der Waals surface area contributed by atoms with Crippen LogP contribution in [-0.2, 0) is 36.0 Å². The van der Waals surface area contributed by atoms with Gasteiger partial charge in [0, 0.05) is 32.3 Å². The van der Waals surface area contributed by atoms with E-state index in [0.29, 0.717) is 41.6 Å². The molecule has 2 aliphatic heterocycles. The summed E-state index contributed by atoms with van der Waals surface area (Å²) in [7, 11) is -2.26. The molecule has 0 unspecified atom stereocenters. The van der Waals surface area contributed by atoms with Crippen LogP contribution >= 0.6 is 0 Å². The minimum absolute atomic E-state index is 0.000738. The summed E-state index contributed by atoms with van der Waals surface area (Å²) in [5.41, 5.74) is 2.59. The normalized spacial score (nSPS) is 15.1. The van der Waals surface area contributed by atoms with Crippen LogP contribution in [0.15, 0.2) is 59.8 Å². The first-order chi connectivity index (χ1) is 18.4. The van der Waals surface area contributed by atoms with Gasteiger partial charge in [0.05, 0.1) is 12.7 Å². The second-order valence-electron chi connectivity index (χ2n) is 9.13. The molecule has 1 N–H and O–H groups in total. The van der Waals surface area contributed by atoms with Gasteiger partial charge in [-0.15, -0.1) is 10.2 Å². The summed E-state index contributed by atoms with van der Waals surface area (Å²) in [6.45, 7) is 1.28. The summed E-state index contributed by atoms with van der Waals surface area (Å²) in [5.74, 6) is 1.98. The van der Waals surface area contributed by atoms with Gasteiger partial charge in [0.2, 0.25) is 0 Å². The Morgan fingerprint density at radius 2 is 1.92 bits per heavy atom. The van der Waals surface area contributed by atoms with Crippen LogP contribution < -0.4 is 10.1 Å². The highest BCUT2D eigenvalue weighted by Crippen LogP contribution is 2.31. The van der Waals surface area contributed by atoms with E-state index < -0.39 is 15.9 Å². The van der Waals surface area contributed by atoms with Crippen molar-refractivity contribution >= 4 is 21.7 Å². The number of nitrogens with zero attached hydrogens (tertiary/aromatic N) is 6. The van der Waals surface area contributed by atoms with Crippen molar-refractivity contribution in [1.82, 2.24) is 29.0 Å². The second kappa shape index (κ2) is 9.62. The number of anilines is 1. The summed E-state index contributed by atoms with van der Waals surface area (Å²) in [4.78, 5) is 22.0. The lowest BCUT2D eigenvalue weighted by molar-refractivity contribution is 0.102. The Labute approximate surface area is 219 Å². The lowest BCUT2D eigenvalue weighted by Gasteiger charge is -2.28. The van der Waals surface area contributed by atoms with Gasteiger partial charge in [-0.2, -0.15) is 4.31 Å². The molecule has 1 aromatic carbocycles. The lowest BCUT2D eigenvalue weighted by atomic mass is 9.97. The van der Waals surface area contributed by atoms with Gasteiger partial charge in [0.15, 0.2) is 10.9 Å². The molecule has 0 aliphatic carbocycles. The van der Waals surface area contributed by atoms with Crippen LogP contribution in [0.3, 0.4) is 0 Å². The van der Waals surface area contributed by atoms with Crippen molar-refractivity contribution in [2.45, 2.75) is 37.4 Å². The molecule has 12 heteroatoms. The Hall–Kier alpha value is -4.16. The van der Waals surface area contributed by atoms with E-state index in [1.807, 2.05) is 10.6 Å². The number of benzene rings is 1. The van der Waals surface area contributed by atoms with Gasteiger partial charge >= 0.3 is 0 Å². The van der Waals surface area contributed by atoms with Crippen LogP contribution in [0, 0.1) is 0 Å². The third kappa shape index (κ3) is 4.31. The third-order valence-electron chi connectivity index (χ3n) is 6.81. The van der Waals surface area contributed by atoms with Gasteiger partial charge in [-0.05, 0) is 60.4 Å². The molecule has 3 aromatic heterocycles. The Kier molecular flexibility index (Phi) is 6.12. The highest BCUT2D eigenvalue weighted by atomic mass is 32.2. The molecule has 0 radical (unpaired) electrons. The van der Waals surface area contributed by atoms with Crippen molar-refractivity contribution in [3.63, 3.8) is 0 Å². The highest BCUT2D eigenvalue weighted by molar-refractivity contribution is 7.89. The van der Waals surface area contributed by atoms with E-state index in [4.69, 9.17) is 4.74 Å². The van der Waals surface area contributed by atoms with Crippen molar-refractivity contribution < 1.29 is 17.9 Å². The molecule has 1 amide bonds. The van der Waals surface area contributed by atoms with Gasteiger partial charge < -0.3 is 14.6 Å². The van der Waals surface area contributed by atoms with Crippen LogP contribution in [-0.4, -0.2) is 57.0 Å². The number of rotatable bonds is 6. The van der Waals surface area contributed by atoms with Crippen LogP contribution in [0.5, 0.6) is 5.75 Å². The minimum atomic E-state index is -3.77. The van der Waals surface area contributed by atoms with Gasteiger partial charge in [0.1, 0.15) is 23.1 Å². The van der Waals surface area contributed by atoms with Crippen LogP contribution in [0.4, 0.5) is 5.82 Å². The molecule has 38 heavy (non-hydrogen) atoms. The number of carbonyl (C=O) groups is 1. The Balaban J connectivity index is 1.26. The SMILES string of the molecule is COc1cc2c(cc1C(=O)Nc1cccc(-c3nnc4n3CCC4)n1)CN(S(=O)(=O)c1ccccn1)CC2. The summed E-state index contributed by atoms with van der Waals surface area (Å²) < 4.78 is 35.2. The molecule has 2 aliphatic rings. The first-order valence-electron chi connectivity index (χ1n) is 12.3. The van der Waals surface area contributed by atoms with Crippen LogP contribution in [0.2, 0.25) is 0 Å². The van der Waals surface area contributed by atoms with Gasteiger partial charge in [-0.1, -0.05) is 12.1 Å². The van der Waals surface area contributed by atoms with Gasteiger partial charge in [-0.25, -0.2) is 18.4 Å². The predicted octanol–water partition coefficient (Wildman–Crippen LogP) is 2.69. The van der Waals surface area contributed by atoms with Crippen molar-refractivity contribution in [3.05, 3.63) is 77.2 Å². The predicted molar refractivity (Wildman–Crippen MR) is 138 cm³/mol. The topological polar surface area (TPSA) is 132 Å². The molecule has 0 saturated carbocycles. The summed E-state index contributed by atoms with van der Waals surface area (Å²) in [6, 6.07) is 13.6. The molecule has 4 aromatic rings. The second-order valence-corrected chi connectivity index (χ2v) is 11.0. The number of ether oxygens (including phenoxy) is 1. The first-order valence-corrected chi connectivity index (χ1v) is 13.7. The summed E-state index contributed by atoms with van der Waals surface area (Å²) >= 11 is 0. The number of amides is 1. The van der Waals surface area contributed by atoms with Crippen molar-refractivity contribution in [3.8, 4) is 17.3 Å². The van der Waals surface area contributed by atoms with E-state index in [0.717, 1.165) is 36.3 Å². The number of nitrogens with one attached hydrogen (secondary N) is 1. The zero-order valence-corrected chi connectivity index (χ0v) is 21.5. The molecule has 0 atom stereocenters. The number of carbonyl (C=O) groups excluding carboxylic acids is 1. The number of pyridine rings is 2. The Bertz CT molecular complexity index is 1640. The van der Waals surface area contributed by atoms with Crippen molar-refractivity contribution in [2.75, 3.05) is 19.0 Å². The molecule has 0 fully saturated rings. The van der Waals surface area contributed by atoms with Crippen molar-refractivity contribution in [1.29, 1.82) is 0 Å². The number of aromatic nitrogens is 5. The molecule has 6 rings (SSSR count). The zero-order chi connectivity index (χ0) is 26.3. The third-order valence-corrected chi connectivity index (χ3v) is 8.58. The fourth-order valence-corrected chi connectivity index (χ4v) is 6.25. The Morgan fingerprint density at radius 3 is 2.74 bits per heavy atom. The van der Waals surface area contributed by atoms with Crippen LogP contribution in [0.1, 0.15) is 33.7 Å². The average molecular weight is 532 g/mol. The van der Waals surface area contributed by atoms with Crippen molar-refractivity contribution in [2.24, 2.45) is 0 Å². The van der Waals surface area contributed by atoms with E-state index in [9.17, 15) is 13.2 Å². The zero-order valence-electron chi connectivity index (χ0n) is 20.7. The highest BCUT2D eigenvalue weighted by Gasteiger charge is 2.30. The fourth-order valence-electron chi connectivity index (χ4n) is 4.90. The molecule has 0 saturated heterocycles. The Morgan fingerprint density at radius 1 is 1.03 bits per heavy atom. The number of fused-ring (bicyclic) bond motifs is 2. The van der Waals surface area contributed by atoms with Gasteiger partial charge in [0.25, 0.3) is 15.9 Å². The van der Waals surface area contributed by atoms with E-state index in [2.05, 4.69) is 25.5 Å². The average Bonchev–Trinajstić information content (AvgIpc) is 3.57. The molecular weight excluding hydrogens is 506 g/mol. The maximum atomic E-state index is 13.4. The summed E-state index contributed by atoms with van der Waals surface area (Å²) in [5, 5.41) is 11.4.